The van der Waals surface area contributed by atoms with Gasteiger partial charge in [0.05, 0.1) is 11.3 Å². The van der Waals surface area contributed by atoms with Crippen molar-refractivity contribution in [3.05, 3.63) is 22.4 Å². The average Bonchev–Trinajstić information content (AvgIpc) is 2.86. The first-order chi connectivity index (χ1) is 8.65. The number of carbonyl (C=O) groups excluding carboxylic acids is 1. The van der Waals surface area contributed by atoms with Crippen molar-refractivity contribution in [1.29, 1.82) is 0 Å². The number of carboxylic acids is 1. The van der Waals surface area contributed by atoms with Gasteiger partial charge in [-0.3, -0.25) is 9.59 Å². The second-order valence-corrected chi connectivity index (χ2v) is 4.71. The summed E-state index contributed by atoms with van der Waals surface area (Å²) in [5.41, 5.74) is 0. The van der Waals surface area contributed by atoms with Crippen molar-refractivity contribution in [1.82, 2.24) is 4.90 Å². The van der Waals surface area contributed by atoms with Crippen molar-refractivity contribution in [2.45, 2.75) is 12.8 Å². The smallest absolute Gasteiger partial charge is 0.305 e. The van der Waals surface area contributed by atoms with Crippen LogP contribution in [0.5, 0.6) is 0 Å². The molecule has 1 heterocycles. The Kier molecular flexibility index (Phi) is 6.38. The number of nitrogens with zero attached hydrogens (tertiary/aromatic N) is 1. The summed E-state index contributed by atoms with van der Waals surface area (Å²) in [6.07, 6.45) is 0.664. The van der Waals surface area contributed by atoms with Crippen LogP contribution in [-0.4, -0.2) is 48.7 Å². The number of carboxylic acid groups (broad SMARTS) is 1. The standard InChI is InChI=1S/C12H17NO4S/c1-17-8-3-6-13(7-5-11(14)15)12(16)10-4-2-9-18-10/h2,4,9H,3,5-8H2,1H3,(H,14,15). The van der Waals surface area contributed by atoms with Gasteiger partial charge in [-0.2, -0.15) is 0 Å². The summed E-state index contributed by atoms with van der Waals surface area (Å²) in [7, 11) is 1.60. The van der Waals surface area contributed by atoms with Crippen molar-refractivity contribution in [3.63, 3.8) is 0 Å². The lowest BCUT2D eigenvalue weighted by molar-refractivity contribution is -0.137. The Labute approximate surface area is 110 Å². The van der Waals surface area contributed by atoms with Crippen molar-refractivity contribution in [3.8, 4) is 0 Å². The van der Waals surface area contributed by atoms with E-state index in [1.807, 2.05) is 11.4 Å². The SMILES string of the molecule is COCCCN(CCC(=O)O)C(=O)c1cccs1. The predicted octanol–water partition coefficient (Wildman–Crippen LogP) is 1.70. The van der Waals surface area contributed by atoms with Crippen LogP contribution in [0.3, 0.4) is 0 Å². The lowest BCUT2D eigenvalue weighted by atomic mass is 10.3. The van der Waals surface area contributed by atoms with Crippen molar-refractivity contribution in [2.75, 3.05) is 26.8 Å². The molecule has 1 amide bonds. The second-order valence-electron chi connectivity index (χ2n) is 3.76. The summed E-state index contributed by atoms with van der Waals surface area (Å²) in [6, 6.07) is 3.56. The molecule has 1 rings (SSSR count). The third kappa shape index (κ3) is 4.85. The highest BCUT2D eigenvalue weighted by Gasteiger charge is 2.17. The van der Waals surface area contributed by atoms with Crippen LogP contribution in [0, 0.1) is 0 Å². The zero-order chi connectivity index (χ0) is 13.4. The maximum absolute atomic E-state index is 12.1. The third-order valence-corrected chi connectivity index (χ3v) is 3.25. The number of hydrogen-bond acceptors (Lipinski definition) is 4. The van der Waals surface area contributed by atoms with Crippen LogP contribution >= 0.6 is 11.3 Å². The molecule has 6 heteroatoms. The lowest BCUT2D eigenvalue weighted by Gasteiger charge is -2.21. The van der Waals surface area contributed by atoms with E-state index in [-0.39, 0.29) is 18.9 Å². The first kappa shape index (κ1) is 14.7. The summed E-state index contributed by atoms with van der Waals surface area (Å²) in [5, 5.41) is 10.5. The van der Waals surface area contributed by atoms with Gasteiger partial charge >= 0.3 is 5.97 Å². The Hall–Kier alpha value is -1.40. The van der Waals surface area contributed by atoms with Crippen LogP contribution < -0.4 is 0 Å². The summed E-state index contributed by atoms with van der Waals surface area (Å²) < 4.78 is 4.94. The number of hydrogen-bond donors (Lipinski definition) is 1. The van der Waals surface area contributed by atoms with Gasteiger partial charge in [0.25, 0.3) is 5.91 Å². The zero-order valence-electron chi connectivity index (χ0n) is 10.3. The third-order valence-electron chi connectivity index (χ3n) is 2.39. The highest BCUT2D eigenvalue weighted by molar-refractivity contribution is 7.12. The maximum atomic E-state index is 12.1. The minimum atomic E-state index is -0.897. The number of thiophene rings is 1. The van der Waals surface area contributed by atoms with E-state index in [1.165, 1.54) is 11.3 Å². The summed E-state index contributed by atoms with van der Waals surface area (Å²) in [4.78, 5) is 24.9. The monoisotopic (exact) mass is 271 g/mol. The molecule has 0 aliphatic carbocycles. The molecule has 0 aromatic carbocycles. The molecule has 0 bridgehead atoms. The number of aliphatic carboxylic acids is 1. The first-order valence-corrected chi connectivity index (χ1v) is 6.56. The number of methoxy groups -OCH3 is 1. The van der Waals surface area contributed by atoms with Crippen LogP contribution in [-0.2, 0) is 9.53 Å². The van der Waals surface area contributed by atoms with Crippen molar-refractivity contribution in [2.24, 2.45) is 0 Å². The Balaban J connectivity index is 2.57. The van der Waals surface area contributed by atoms with Gasteiger partial charge in [-0.1, -0.05) is 6.07 Å². The molecule has 0 saturated heterocycles. The highest BCUT2D eigenvalue weighted by Crippen LogP contribution is 2.12. The molecule has 0 unspecified atom stereocenters. The minimum absolute atomic E-state index is 0.0376. The number of carbonyl (C=O) groups is 2. The molecule has 18 heavy (non-hydrogen) atoms. The van der Waals surface area contributed by atoms with E-state index < -0.39 is 5.97 Å². The van der Waals surface area contributed by atoms with Gasteiger partial charge < -0.3 is 14.7 Å². The van der Waals surface area contributed by atoms with Crippen LogP contribution in [0.25, 0.3) is 0 Å². The molecule has 0 spiro atoms. The van der Waals surface area contributed by atoms with Gasteiger partial charge in [-0.25, -0.2) is 0 Å². The predicted molar refractivity (Wildman–Crippen MR) is 69.0 cm³/mol. The summed E-state index contributed by atoms with van der Waals surface area (Å²) in [5.74, 6) is -1.01. The van der Waals surface area contributed by atoms with E-state index in [2.05, 4.69) is 0 Å². The Morgan fingerprint density at radius 1 is 1.44 bits per heavy atom. The van der Waals surface area contributed by atoms with Gasteiger partial charge in [-0.05, 0) is 17.9 Å². The Morgan fingerprint density at radius 3 is 2.78 bits per heavy atom. The molecule has 1 aromatic rings. The topological polar surface area (TPSA) is 66.8 Å². The molecule has 0 saturated carbocycles. The molecular formula is C12H17NO4S. The molecule has 1 aromatic heterocycles. The molecule has 0 fully saturated rings. The Bertz CT molecular complexity index is 377. The van der Waals surface area contributed by atoms with E-state index in [9.17, 15) is 9.59 Å². The lowest BCUT2D eigenvalue weighted by Crippen LogP contribution is -2.34. The maximum Gasteiger partial charge on any atom is 0.305 e. The molecule has 5 nitrogen and oxygen atoms in total. The second kappa shape index (κ2) is 7.84. The molecule has 0 aliphatic heterocycles. The fourth-order valence-electron chi connectivity index (χ4n) is 1.50. The fourth-order valence-corrected chi connectivity index (χ4v) is 2.19. The molecule has 0 aliphatic rings. The van der Waals surface area contributed by atoms with Gasteiger partial charge in [0.1, 0.15) is 0 Å². The van der Waals surface area contributed by atoms with Gasteiger partial charge in [0.2, 0.25) is 0 Å². The number of amides is 1. The minimum Gasteiger partial charge on any atom is -0.481 e. The molecule has 100 valence electrons. The van der Waals surface area contributed by atoms with E-state index in [1.54, 1.807) is 18.1 Å². The molecular weight excluding hydrogens is 254 g/mol. The van der Waals surface area contributed by atoms with E-state index in [0.29, 0.717) is 24.4 Å². The van der Waals surface area contributed by atoms with Crippen molar-refractivity contribution >= 4 is 23.2 Å². The highest BCUT2D eigenvalue weighted by atomic mass is 32.1. The average molecular weight is 271 g/mol. The van der Waals surface area contributed by atoms with Crippen LogP contribution in [0.4, 0.5) is 0 Å². The molecule has 0 atom stereocenters. The quantitative estimate of drug-likeness (QED) is 0.731. The van der Waals surface area contributed by atoms with Crippen LogP contribution in [0.2, 0.25) is 0 Å². The summed E-state index contributed by atoms with van der Waals surface area (Å²) in [6.45, 7) is 1.30. The number of rotatable bonds is 8. The Morgan fingerprint density at radius 2 is 2.22 bits per heavy atom. The van der Waals surface area contributed by atoms with Crippen LogP contribution in [0.15, 0.2) is 17.5 Å². The number of ether oxygens (including phenoxy) is 1. The fraction of sp³-hybridized carbons (Fsp3) is 0.500. The molecule has 0 radical (unpaired) electrons. The van der Waals surface area contributed by atoms with Gasteiger partial charge in [-0.15, -0.1) is 11.3 Å². The van der Waals surface area contributed by atoms with Gasteiger partial charge in [0.15, 0.2) is 0 Å². The molecule has 1 N–H and O–H groups in total. The van der Waals surface area contributed by atoms with E-state index in [4.69, 9.17) is 9.84 Å². The first-order valence-electron chi connectivity index (χ1n) is 5.68. The largest absolute Gasteiger partial charge is 0.481 e. The van der Waals surface area contributed by atoms with E-state index >= 15 is 0 Å². The van der Waals surface area contributed by atoms with Crippen LogP contribution in [0.1, 0.15) is 22.5 Å². The summed E-state index contributed by atoms with van der Waals surface area (Å²) >= 11 is 1.36. The zero-order valence-corrected chi connectivity index (χ0v) is 11.1. The van der Waals surface area contributed by atoms with Gasteiger partial charge in [0, 0.05) is 26.8 Å². The van der Waals surface area contributed by atoms with E-state index in [0.717, 1.165) is 0 Å². The normalized spacial score (nSPS) is 10.3. The van der Waals surface area contributed by atoms with Crippen molar-refractivity contribution < 1.29 is 19.4 Å².